The van der Waals surface area contributed by atoms with Crippen LogP contribution in [0.15, 0.2) is 57.1 Å². The first-order chi connectivity index (χ1) is 19.4. The summed E-state index contributed by atoms with van der Waals surface area (Å²) < 4.78 is 32.8. The Bertz CT molecular complexity index is 1560. The lowest BCUT2D eigenvalue weighted by molar-refractivity contribution is -0.138. The minimum absolute atomic E-state index is 0.0402. The van der Waals surface area contributed by atoms with E-state index >= 15 is 0 Å². The third-order valence-electron chi connectivity index (χ3n) is 6.05. The number of alkyl halides is 3. The number of hydrogen-bond donors (Lipinski definition) is 1. The number of aromatic nitrogens is 1. The summed E-state index contributed by atoms with van der Waals surface area (Å²) in [6, 6.07) is 10.4. The molecule has 8 nitrogen and oxygen atoms in total. The highest BCUT2D eigenvalue weighted by Gasteiger charge is 2.35. The molecule has 2 aromatic carbocycles. The standard InChI is InChI=1S/C25H16Cl3F2N3O5S.C2H6/c26-15-2-1-3-16(27)22(15)39-17-7-18(25(28,29)30)31-23(36)21(17)24(37)32-8-12-4-5-14(6-13(12)9-32)33-19(34)10-38-11-20(33)35;1-2/h1-7H,8-11H2,(H,31,36);1-2H3. The van der Waals surface area contributed by atoms with Crippen LogP contribution in [0.1, 0.15) is 41.0 Å². The van der Waals surface area contributed by atoms with Gasteiger partial charge in [-0.25, -0.2) is 4.90 Å². The van der Waals surface area contributed by atoms with E-state index in [0.717, 1.165) is 28.3 Å². The molecule has 1 N–H and O–H groups in total. The van der Waals surface area contributed by atoms with Gasteiger partial charge in [0.05, 0.1) is 15.7 Å². The number of ether oxygens (including phenoxy) is 1. The van der Waals surface area contributed by atoms with E-state index < -0.39 is 39.9 Å². The van der Waals surface area contributed by atoms with Gasteiger partial charge in [0.15, 0.2) is 0 Å². The summed E-state index contributed by atoms with van der Waals surface area (Å²) in [5, 5.41) is -3.52. The second-order valence-corrected chi connectivity index (χ2v) is 11.0. The van der Waals surface area contributed by atoms with E-state index in [1.54, 1.807) is 24.3 Å². The molecule has 5 rings (SSSR count). The quantitative estimate of drug-likeness (QED) is 0.263. The van der Waals surface area contributed by atoms with Crippen molar-refractivity contribution in [2.24, 2.45) is 0 Å². The maximum atomic E-state index is 14.0. The fourth-order valence-electron chi connectivity index (χ4n) is 4.27. The Morgan fingerprint density at radius 2 is 1.59 bits per heavy atom. The van der Waals surface area contributed by atoms with Crippen molar-refractivity contribution in [2.45, 2.75) is 42.1 Å². The molecule has 1 saturated heterocycles. The summed E-state index contributed by atoms with van der Waals surface area (Å²) in [6.07, 6.45) is 0. The number of anilines is 1. The van der Waals surface area contributed by atoms with Crippen LogP contribution in [-0.4, -0.2) is 40.8 Å². The van der Waals surface area contributed by atoms with E-state index in [9.17, 15) is 28.0 Å². The third-order valence-corrected chi connectivity index (χ3v) is 8.30. The Balaban J connectivity index is 0.00000189. The Morgan fingerprint density at radius 1 is 0.976 bits per heavy atom. The van der Waals surface area contributed by atoms with Crippen LogP contribution in [0, 0.1) is 0 Å². The van der Waals surface area contributed by atoms with Crippen molar-refractivity contribution in [1.29, 1.82) is 0 Å². The van der Waals surface area contributed by atoms with Gasteiger partial charge in [-0.05, 0) is 53.1 Å². The number of morpholine rings is 1. The van der Waals surface area contributed by atoms with Crippen molar-refractivity contribution in [2.75, 3.05) is 18.1 Å². The maximum absolute atomic E-state index is 14.0. The zero-order valence-corrected chi connectivity index (χ0v) is 24.7. The van der Waals surface area contributed by atoms with Gasteiger partial charge in [0.1, 0.15) is 24.5 Å². The number of carbonyl (C=O) groups is 3. The molecule has 0 unspecified atom stereocenters. The molecule has 216 valence electrons. The Hall–Kier alpha value is -2.96. The minimum Gasteiger partial charge on any atom is -0.362 e. The number of halogens is 5. The van der Waals surface area contributed by atoms with Crippen LogP contribution in [0.5, 0.6) is 0 Å². The van der Waals surface area contributed by atoms with Gasteiger partial charge < -0.3 is 14.6 Å². The van der Waals surface area contributed by atoms with E-state index in [2.05, 4.69) is 0 Å². The largest absolute Gasteiger partial charge is 0.362 e. The lowest BCUT2D eigenvalue weighted by atomic mass is 10.1. The molecule has 3 heterocycles. The van der Waals surface area contributed by atoms with Crippen LogP contribution in [-0.2, 0) is 32.8 Å². The number of nitrogens with one attached hydrogen (secondary N) is 1. The zero-order valence-electron chi connectivity index (χ0n) is 21.6. The van der Waals surface area contributed by atoms with E-state index in [0.29, 0.717) is 11.3 Å². The van der Waals surface area contributed by atoms with Crippen molar-refractivity contribution >= 4 is 70.0 Å². The maximum Gasteiger partial charge on any atom is 0.362 e. The number of aromatic amines is 1. The first-order valence-corrected chi connectivity index (χ1v) is 14.2. The molecule has 2 aliphatic rings. The SMILES string of the molecule is CC.O=C(c1c(Sc2c(Cl)cccc2Cl)cc(C(F)(F)Cl)[nH]c1=O)N1Cc2ccc(N3C(=O)COCC3=O)cc2C1. The van der Waals surface area contributed by atoms with Gasteiger partial charge in [-0.3, -0.25) is 19.2 Å². The summed E-state index contributed by atoms with van der Waals surface area (Å²) >= 11 is 18.5. The molecule has 0 bridgehead atoms. The number of rotatable bonds is 5. The average Bonchev–Trinajstić information content (AvgIpc) is 3.35. The second kappa shape index (κ2) is 12.5. The summed E-state index contributed by atoms with van der Waals surface area (Å²) in [5.41, 5.74) is -0.652. The number of hydrogen-bond acceptors (Lipinski definition) is 6. The normalized spacial score (nSPS) is 15.0. The average molecular weight is 645 g/mol. The molecule has 41 heavy (non-hydrogen) atoms. The molecule has 14 heteroatoms. The lowest BCUT2D eigenvalue weighted by Crippen LogP contribution is -2.46. The van der Waals surface area contributed by atoms with Gasteiger partial charge in [0.2, 0.25) is 0 Å². The first-order valence-electron chi connectivity index (χ1n) is 12.2. The first kappa shape index (κ1) is 31.0. The van der Waals surface area contributed by atoms with Crippen LogP contribution in [0.4, 0.5) is 14.5 Å². The lowest BCUT2D eigenvalue weighted by Gasteiger charge is -2.25. The van der Waals surface area contributed by atoms with Crippen molar-refractivity contribution < 1.29 is 27.9 Å². The number of nitrogens with zero attached hydrogens (tertiary/aromatic N) is 2. The Kier molecular flexibility index (Phi) is 9.45. The molecule has 1 fully saturated rings. The predicted octanol–water partition coefficient (Wildman–Crippen LogP) is 6.19. The second-order valence-electron chi connectivity index (χ2n) is 8.63. The molecular weight excluding hydrogens is 623 g/mol. The minimum atomic E-state index is -3.91. The monoisotopic (exact) mass is 643 g/mol. The topological polar surface area (TPSA) is 99.8 Å². The zero-order chi connectivity index (χ0) is 30.1. The van der Waals surface area contributed by atoms with E-state index in [4.69, 9.17) is 39.5 Å². The van der Waals surface area contributed by atoms with Gasteiger partial charge in [0.25, 0.3) is 23.3 Å². The molecular formula is C27H22Cl3F2N3O5S. The molecule has 0 atom stereocenters. The van der Waals surface area contributed by atoms with Crippen LogP contribution < -0.4 is 10.5 Å². The number of H-pyrrole nitrogens is 1. The number of benzene rings is 2. The fourth-order valence-corrected chi connectivity index (χ4v) is 6.01. The smallest absolute Gasteiger partial charge is 0.362 e. The number of pyridine rings is 1. The summed E-state index contributed by atoms with van der Waals surface area (Å²) in [7, 11) is 0. The third kappa shape index (κ3) is 6.44. The van der Waals surface area contributed by atoms with Crippen LogP contribution in [0.2, 0.25) is 10.0 Å². The fraction of sp³-hybridized carbons (Fsp3) is 0.259. The van der Waals surface area contributed by atoms with E-state index in [1.165, 1.54) is 17.0 Å². The van der Waals surface area contributed by atoms with E-state index in [1.807, 2.05) is 18.8 Å². The number of fused-ring (bicyclic) bond motifs is 1. The van der Waals surface area contributed by atoms with Crippen LogP contribution >= 0.6 is 46.6 Å². The number of imide groups is 1. The summed E-state index contributed by atoms with van der Waals surface area (Å²) in [4.78, 5) is 55.6. The number of carbonyl (C=O) groups excluding carboxylic acids is 3. The molecule has 3 amide bonds. The molecule has 3 aromatic rings. The van der Waals surface area contributed by atoms with Crippen LogP contribution in [0.3, 0.4) is 0 Å². The van der Waals surface area contributed by atoms with Crippen LogP contribution in [0.25, 0.3) is 0 Å². The van der Waals surface area contributed by atoms with Gasteiger partial charge in [-0.15, -0.1) is 0 Å². The summed E-state index contributed by atoms with van der Waals surface area (Å²) in [5.74, 6) is -1.76. The van der Waals surface area contributed by atoms with Gasteiger partial charge in [-0.1, -0.05) is 60.9 Å². The Morgan fingerprint density at radius 3 is 2.20 bits per heavy atom. The van der Waals surface area contributed by atoms with Crippen molar-refractivity contribution in [3.63, 3.8) is 0 Å². The van der Waals surface area contributed by atoms with Gasteiger partial charge in [-0.2, -0.15) is 8.78 Å². The van der Waals surface area contributed by atoms with E-state index in [-0.39, 0.29) is 46.1 Å². The Labute approximate surface area is 252 Å². The molecule has 0 radical (unpaired) electrons. The van der Waals surface area contributed by atoms with Gasteiger partial charge >= 0.3 is 5.38 Å². The molecule has 1 aromatic heterocycles. The molecule has 0 saturated carbocycles. The predicted molar refractivity (Wildman–Crippen MR) is 152 cm³/mol. The molecule has 0 aliphatic carbocycles. The molecule has 2 aliphatic heterocycles. The molecule has 0 spiro atoms. The van der Waals surface area contributed by atoms with Crippen molar-refractivity contribution in [3.05, 3.63) is 85.2 Å². The highest BCUT2D eigenvalue weighted by atomic mass is 35.5. The summed E-state index contributed by atoms with van der Waals surface area (Å²) in [6.45, 7) is 3.68. The highest BCUT2D eigenvalue weighted by Crippen LogP contribution is 2.42. The number of amides is 3. The van der Waals surface area contributed by atoms with Crippen molar-refractivity contribution in [1.82, 2.24) is 9.88 Å². The van der Waals surface area contributed by atoms with Crippen molar-refractivity contribution in [3.8, 4) is 0 Å². The highest BCUT2D eigenvalue weighted by molar-refractivity contribution is 7.99. The van der Waals surface area contributed by atoms with Gasteiger partial charge in [0, 0.05) is 22.9 Å².